The minimum atomic E-state index is -3.85. The van der Waals surface area contributed by atoms with E-state index in [1.165, 1.54) is 10.7 Å². The summed E-state index contributed by atoms with van der Waals surface area (Å²) in [4.78, 5) is 13.0. The Morgan fingerprint density at radius 2 is 1.52 bits per heavy atom. The van der Waals surface area contributed by atoms with Gasteiger partial charge in [-0.25, -0.2) is 13.1 Å². The standard InChI is InChI=1S/C18H19N3O3S/c1-13-9-7-8-12-16(13)25(23,24)19-17-14(2)20(3)21(18(17)22)15-10-5-4-6-11-15/h4-12,19H,1-3H3. The summed E-state index contributed by atoms with van der Waals surface area (Å²) >= 11 is 0. The normalized spacial score (nSPS) is 11.5. The number of aromatic nitrogens is 2. The molecule has 0 aliphatic rings. The van der Waals surface area contributed by atoms with Gasteiger partial charge in [-0.15, -0.1) is 0 Å². The van der Waals surface area contributed by atoms with E-state index >= 15 is 0 Å². The largest absolute Gasteiger partial charge is 0.296 e. The first-order valence-electron chi connectivity index (χ1n) is 7.75. The van der Waals surface area contributed by atoms with E-state index in [1.54, 1.807) is 55.9 Å². The average molecular weight is 357 g/mol. The third-order valence-electron chi connectivity index (χ3n) is 4.17. The molecule has 0 aliphatic heterocycles. The number of anilines is 1. The number of para-hydroxylation sites is 1. The lowest BCUT2D eigenvalue weighted by Gasteiger charge is -2.09. The van der Waals surface area contributed by atoms with E-state index < -0.39 is 15.6 Å². The van der Waals surface area contributed by atoms with Crippen LogP contribution < -0.4 is 10.3 Å². The van der Waals surface area contributed by atoms with Crippen LogP contribution in [0.15, 0.2) is 64.3 Å². The van der Waals surface area contributed by atoms with E-state index in [9.17, 15) is 13.2 Å². The number of benzene rings is 2. The highest BCUT2D eigenvalue weighted by molar-refractivity contribution is 7.92. The zero-order chi connectivity index (χ0) is 18.2. The third kappa shape index (κ3) is 2.98. The predicted octanol–water partition coefficient (Wildman–Crippen LogP) is 2.59. The molecule has 3 rings (SSSR count). The highest BCUT2D eigenvalue weighted by Crippen LogP contribution is 2.20. The van der Waals surface area contributed by atoms with Gasteiger partial charge in [-0.3, -0.25) is 14.2 Å². The van der Waals surface area contributed by atoms with Crippen molar-refractivity contribution < 1.29 is 8.42 Å². The second-order valence-electron chi connectivity index (χ2n) is 5.81. The Kier molecular flexibility index (Phi) is 4.26. The Morgan fingerprint density at radius 3 is 2.16 bits per heavy atom. The summed E-state index contributed by atoms with van der Waals surface area (Å²) in [6.07, 6.45) is 0. The lowest BCUT2D eigenvalue weighted by atomic mass is 10.2. The summed E-state index contributed by atoms with van der Waals surface area (Å²) in [7, 11) is -2.13. The van der Waals surface area contributed by atoms with Crippen LogP contribution in [0.1, 0.15) is 11.3 Å². The number of nitrogens with one attached hydrogen (secondary N) is 1. The van der Waals surface area contributed by atoms with Gasteiger partial charge < -0.3 is 0 Å². The van der Waals surface area contributed by atoms with Gasteiger partial charge >= 0.3 is 0 Å². The highest BCUT2D eigenvalue weighted by atomic mass is 32.2. The van der Waals surface area contributed by atoms with Crippen molar-refractivity contribution in [2.75, 3.05) is 4.72 Å². The maximum absolute atomic E-state index is 12.8. The quantitative estimate of drug-likeness (QED) is 0.780. The maximum atomic E-state index is 12.8. The molecule has 7 heteroatoms. The van der Waals surface area contributed by atoms with Crippen molar-refractivity contribution in [1.29, 1.82) is 0 Å². The first-order valence-corrected chi connectivity index (χ1v) is 9.23. The summed E-state index contributed by atoms with van der Waals surface area (Å²) in [5.74, 6) is 0. The lowest BCUT2D eigenvalue weighted by Crippen LogP contribution is -2.23. The van der Waals surface area contributed by atoms with Gasteiger partial charge in [0.1, 0.15) is 5.69 Å². The van der Waals surface area contributed by atoms with Crippen LogP contribution in [0.2, 0.25) is 0 Å². The summed E-state index contributed by atoms with van der Waals surface area (Å²) < 4.78 is 31.0. The minimum absolute atomic E-state index is 0.0506. The molecule has 0 unspecified atom stereocenters. The predicted molar refractivity (Wildman–Crippen MR) is 97.7 cm³/mol. The molecule has 0 atom stereocenters. The molecular weight excluding hydrogens is 338 g/mol. The molecule has 0 saturated carbocycles. The van der Waals surface area contributed by atoms with Crippen molar-refractivity contribution in [3.63, 3.8) is 0 Å². The molecule has 1 heterocycles. The van der Waals surface area contributed by atoms with E-state index in [2.05, 4.69) is 4.72 Å². The van der Waals surface area contributed by atoms with Crippen LogP contribution in [0.3, 0.4) is 0 Å². The van der Waals surface area contributed by atoms with Crippen LogP contribution in [-0.4, -0.2) is 17.8 Å². The number of nitrogens with zero attached hydrogens (tertiary/aromatic N) is 2. The molecule has 0 saturated heterocycles. The van der Waals surface area contributed by atoms with Gasteiger partial charge in [0.15, 0.2) is 0 Å². The third-order valence-corrected chi connectivity index (χ3v) is 5.68. The molecule has 0 spiro atoms. The number of sulfonamides is 1. The first kappa shape index (κ1) is 17.0. The van der Waals surface area contributed by atoms with Crippen LogP contribution in [0.4, 0.5) is 5.69 Å². The topological polar surface area (TPSA) is 73.1 Å². The molecule has 6 nitrogen and oxygen atoms in total. The van der Waals surface area contributed by atoms with Crippen LogP contribution in [0.5, 0.6) is 0 Å². The van der Waals surface area contributed by atoms with Crippen LogP contribution in [-0.2, 0) is 17.1 Å². The van der Waals surface area contributed by atoms with Crippen LogP contribution >= 0.6 is 0 Å². The molecule has 0 aliphatic carbocycles. The average Bonchev–Trinajstić information content (AvgIpc) is 2.79. The van der Waals surface area contributed by atoms with Gasteiger partial charge in [0.25, 0.3) is 15.6 Å². The Hall–Kier alpha value is -2.80. The van der Waals surface area contributed by atoms with Crippen molar-refractivity contribution in [2.45, 2.75) is 18.7 Å². The summed E-state index contributed by atoms with van der Waals surface area (Å²) in [5.41, 5.74) is 1.45. The summed E-state index contributed by atoms with van der Waals surface area (Å²) in [6.45, 7) is 3.42. The van der Waals surface area contributed by atoms with E-state index in [1.807, 2.05) is 18.2 Å². The Bertz CT molecular complexity index is 1080. The Balaban J connectivity index is 2.11. The molecule has 0 fully saturated rings. The fraction of sp³-hybridized carbons (Fsp3) is 0.167. The molecule has 0 amide bonds. The van der Waals surface area contributed by atoms with E-state index in [-0.39, 0.29) is 10.6 Å². The Labute approximate surface area is 146 Å². The van der Waals surface area contributed by atoms with E-state index in [0.717, 1.165) is 0 Å². The zero-order valence-corrected chi connectivity index (χ0v) is 15.0. The molecule has 1 N–H and O–H groups in total. The maximum Gasteiger partial charge on any atom is 0.296 e. The number of aryl methyl sites for hydroxylation is 1. The smallest absolute Gasteiger partial charge is 0.283 e. The molecule has 1 aromatic heterocycles. The molecule has 0 bridgehead atoms. The minimum Gasteiger partial charge on any atom is -0.283 e. The molecule has 2 aromatic carbocycles. The lowest BCUT2D eigenvalue weighted by molar-refractivity contribution is 0.600. The SMILES string of the molecule is Cc1ccccc1S(=O)(=O)Nc1c(C)n(C)n(-c2ccccc2)c1=O. The van der Waals surface area contributed by atoms with Crippen molar-refractivity contribution in [3.05, 3.63) is 76.2 Å². The zero-order valence-electron chi connectivity index (χ0n) is 14.2. The first-order chi connectivity index (χ1) is 11.8. The van der Waals surface area contributed by atoms with Gasteiger partial charge in [-0.1, -0.05) is 36.4 Å². The highest BCUT2D eigenvalue weighted by Gasteiger charge is 2.23. The van der Waals surface area contributed by atoms with Gasteiger partial charge in [-0.05, 0) is 37.6 Å². The van der Waals surface area contributed by atoms with Crippen molar-refractivity contribution in [2.24, 2.45) is 7.05 Å². The molecule has 0 radical (unpaired) electrons. The van der Waals surface area contributed by atoms with E-state index in [0.29, 0.717) is 16.9 Å². The second kappa shape index (κ2) is 6.25. The molecular formula is C18H19N3O3S. The number of hydrogen-bond donors (Lipinski definition) is 1. The monoisotopic (exact) mass is 357 g/mol. The van der Waals surface area contributed by atoms with Crippen molar-refractivity contribution in [3.8, 4) is 5.69 Å². The van der Waals surface area contributed by atoms with Gasteiger partial charge in [-0.2, -0.15) is 0 Å². The fourth-order valence-corrected chi connectivity index (χ4v) is 4.10. The van der Waals surface area contributed by atoms with Gasteiger partial charge in [0.2, 0.25) is 0 Å². The summed E-state index contributed by atoms with van der Waals surface area (Å²) in [6, 6.07) is 15.7. The molecule has 130 valence electrons. The van der Waals surface area contributed by atoms with Crippen molar-refractivity contribution >= 4 is 15.7 Å². The van der Waals surface area contributed by atoms with E-state index in [4.69, 9.17) is 0 Å². The Morgan fingerprint density at radius 1 is 0.920 bits per heavy atom. The van der Waals surface area contributed by atoms with Gasteiger partial charge in [0, 0.05) is 7.05 Å². The number of hydrogen-bond acceptors (Lipinski definition) is 3. The number of rotatable bonds is 4. The van der Waals surface area contributed by atoms with Gasteiger partial charge in [0.05, 0.1) is 16.3 Å². The van der Waals surface area contributed by atoms with Crippen LogP contribution in [0, 0.1) is 13.8 Å². The summed E-state index contributed by atoms with van der Waals surface area (Å²) in [5, 5.41) is 0. The molecule has 3 aromatic rings. The molecule has 25 heavy (non-hydrogen) atoms. The fourth-order valence-electron chi connectivity index (χ4n) is 2.73. The van der Waals surface area contributed by atoms with Crippen molar-refractivity contribution in [1.82, 2.24) is 9.36 Å². The second-order valence-corrected chi connectivity index (χ2v) is 7.46. The van der Waals surface area contributed by atoms with Crippen LogP contribution in [0.25, 0.3) is 5.69 Å².